The summed E-state index contributed by atoms with van der Waals surface area (Å²) in [6, 6.07) is 40.1. The molecule has 0 radical (unpaired) electrons. The van der Waals surface area contributed by atoms with Gasteiger partial charge in [-0.1, -0.05) is 121 Å². The van der Waals surface area contributed by atoms with E-state index in [2.05, 4.69) is 121 Å². The largest absolute Gasteiger partial charge is 0.182 e. The Morgan fingerprint density at radius 3 is 1.21 bits per heavy atom. The van der Waals surface area contributed by atoms with E-state index < -0.39 is 8.07 Å². The molecular weight excluding hydrogens is 364 g/mol. The van der Waals surface area contributed by atoms with Crippen LogP contribution in [0.15, 0.2) is 121 Å². The van der Waals surface area contributed by atoms with E-state index in [1.165, 1.54) is 43.0 Å². The van der Waals surface area contributed by atoms with Crippen molar-refractivity contribution < 1.29 is 0 Å². The van der Waals surface area contributed by atoms with E-state index in [9.17, 15) is 0 Å². The van der Waals surface area contributed by atoms with Crippen LogP contribution in [0.4, 0.5) is 0 Å². The lowest BCUT2D eigenvalue weighted by Crippen LogP contribution is -2.56. The molecule has 2 aliphatic rings. The number of hydrogen-bond donors (Lipinski definition) is 0. The molecule has 6 rings (SSSR count). The Bertz CT molecular complexity index is 1180. The monoisotopic (exact) mass is 384 g/mol. The lowest BCUT2D eigenvalue weighted by molar-refractivity contribution is 1.63. The molecule has 4 aromatic rings. The molecule has 0 aliphatic carbocycles. The molecule has 0 atom stereocenters. The smallest absolute Gasteiger partial charge is 0.0623 e. The minimum Gasteiger partial charge on any atom is -0.0623 e. The predicted octanol–water partition coefficient (Wildman–Crippen LogP) is 5.49. The zero-order valence-corrected chi connectivity index (χ0v) is 17.0. The number of hydrogen-bond acceptors (Lipinski definition) is 0. The molecule has 0 saturated carbocycles. The Morgan fingerprint density at radius 1 is 0.379 bits per heavy atom. The van der Waals surface area contributed by atoms with Crippen LogP contribution in [-0.4, -0.2) is 8.07 Å². The predicted molar refractivity (Wildman–Crippen MR) is 126 cm³/mol. The number of rotatable bonds is 2. The molecule has 2 heterocycles. The van der Waals surface area contributed by atoms with E-state index in [0.29, 0.717) is 0 Å². The molecule has 0 aromatic heterocycles. The third-order valence-corrected chi connectivity index (χ3v) is 11.4. The minimum absolute atomic E-state index is 1.34. The SMILES string of the molecule is C1=C(c2ccccc2)[Si]2(C(c3ccccc3)=C1)c1ccccc1-c1ccccc12. The van der Waals surface area contributed by atoms with Crippen molar-refractivity contribution in [3.8, 4) is 11.1 Å². The van der Waals surface area contributed by atoms with Gasteiger partial charge in [0.15, 0.2) is 8.07 Å². The Labute approximate surface area is 172 Å². The molecule has 29 heavy (non-hydrogen) atoms. The molecule has 0 nitrogen and oxygen atoms in total. The summed E-state index contributed by atoms with van der Waals surface area (Å²) in [7, 11) is -2.33. The van der Waals surface area contributed by atoms with Crippen LogP contribution in [0.5, 0.6) is 0 Å². The van der Waals surface area contributed by atoms with Crippen LogP contribution in [0.1, 0.15) is 11.1 Å². The van der Waals surface area contributed by atoms with E-state index in [4.69, 9.17) is 0 Å². The topological polar surface area (TPSA) is 0 Å². The zero-order valence-electron chi connectivity index (χ0n) is 16.0. The number of fused-ring (bicyclic) bond motifs is 5. The Balaban J connectivity index is 1.73. The van der Waals surface area contributed by atoms with Gasteiger partial charge in [-0.05, 0) is 43.0 Å². The molecule has 4 aromatic carbocycles. The van der Waals surface area contributed by atoms with Gasteiger partial charge in [-0.25, -0.2) is 0 Å². The first-order valence-electron chi connectivity index (χ1n) is 10.1. The van der Waals surface area contributed by atoms with Crippen molar-refractivity contribution in [2.45, 2.75) is 0 Å². The average Bonchev–Trinajstić information content (AvgIpc) is 3.34. The highest BCUT2D eigenvalue weighted by Gasteiger charge is 2.53. The summed E-state index contributed by atoms with van der Waals surface area (Å²) in [5, 5.41) is 6.02. The van der Waals surface area contributed by atoms with Gasteiger partial charge in [0.2, 0.25) is 0 Å². The molecule has 2 aliphatic heterocycles. The van der Waals surface area contributed by atoms with Gasteiger partial charge >= 0.3 is 0 Å². The first-order chi connectivity index (χ1) is 14.4. The van der Waals surface area contributed by atoms with Gasteiger partial charge in [0.1, 0.15) is 0 Å². The van der Waals surface area contributed by atoms with Crippen molar-refractivity contribution in [1.29, 1.82) is 0 Å². The van der Waals surface area contributed by atoms with E-state index in [-0.39, 0.29) is 0 Å². The minimum atomic E-state index is -2.33. The van der Waals surface area contributed by atoms with Crippen LogP contribution < -0.4 is 10.4 Å². The van der Waals surface area contributed by atoms with Gasteiger partial charge in [-0.3, -0.25) is 0 Å². The Hall–Kier alpha value is -3.42. The molecule has 136 valence electrons. The zero-order chi connectivity index (χ0) is 19.3. The number of benzene rings is 4. The molecule has 1 spiro atoms. The number of allylic oxidation sites excluding steroid dienone is 2. The molecular formula is C28H20Si. The standard InChI is InChI=1S/C28H20Si/c1-3-11-21(12-4-1)25-19-20-26(22-13-5-2-6-14-22)29(25)27-17-9-7-15-23(27)24-16-8-10-18-28(24)29/h1-20H. The van der Waals surface area contributed by atoms with Crippen molar-refractivity contribution in [2.75, 3.05) is 0 Å². The van der Waals surface area contributed by atoms with Crippen LogP contribution in [0.25, 0.3) is 21.5 Å². The van der Waals surface area contributed by atoms with Gasteiger partial charge in [0.25, 0.3) is 0 Å². The third-order valence-electron chi connectivity index (χ3n) is 6.35. The van der Waals surface area contributed by atoms with E-state index in [1.54, 1.807) is 0 Å². The molecule has 0 fully saturated rings. The summed E-state index contributed by atoms with van der Waals surface area (Å²) in [6.45, 7) is 0. The second-order valence-corrected chi connectivity index (χ2v) is 11.4. The van der Waals surface area contributed by atoms with Crippen molar-refractivity contribution in [3.63, 3.8) is 0 Å². The maximum atomic E-state index is 2.39. The van der Waals surface area contributed by atoms with Gasteiger partial charge in [0.05, 0.1) is 0 Å². The molecule has 0 N–H and O–H groups in total. The average molecular weight is 385 g/mol. The maximum absolute atomic E-state index is 2.39. The highest BCUT2D eigenvalue weighted by molar-refractivity contribution is 7.28. The van der Waals surface area contributed by atoms with Crippen LogP contribution in [0, 0.1) is 0 Å². The summed E-state index contributed by atoms with van der Waals surface area (Å²) in [5.41, 5.74) is 5.49. The van der Waals surface area contributed by atoms with Gasteiger partial charge in [0, 0.05) is 0 Å². The summed E-state index contributed by atoms with van der Waals surface area (Å²) < 4.78 is 0. The Kier molecular flexibility index (Phi) is 3.59. The fourth-order valence-corrected chi connectivity index (χ4v) is 10.8. The summed E-state index contributed by atoms with van der Waals surface area (Å²) in [4.78, 5) is 0. The van der Waals surface area contributed by atoms with Gasteiger partial charge in [-0.15, -0.1) is 0 Å². The highest BCUT2D eigenvalue weighted by Crippen LogP contribution is 2.46. The normalized spacial score (nSPS) is 15.6. The summed E-state index contributed by atoms with van der Waals surface area (Å²) in [5.74, 6) is 0. The molecule has 0 bridgehead atoms. The molecule has 1 heteroatoms. The van der Waals surface area contributed by atoms with Crippen molar-refractivity contribution in [3.05, 3.63) is 132 Å². The second kappa shape index (κ2) is 6.30. The van der Waals surface area contributed by atoms with Gasteiger partial charge < -0.3 is 0 Å². The van der Waals surface area contributed by atoms with Crippen LogP contribution >= 0.6 is 0 Å². The van der Waals surface area contributed by atoms with Crippen molar-refractivity contribution in [1.82, 2.24) is 0 Å². The van der Waals surface area contributed by atoms with Gasteiger partial charge in [-0.2, -0.15) is 0 Å². The molecule has 0 amide bonds. The lowest BCUT2D eigenvalue weighted by Gasteiger charge is -2.32. The van der Waals surface area contributed by atoms with Crippen LogP contribution in [0.2, 0.25) is 0 Å². The van der Waals surface area contributed by atoms with Crippen LogP contribution in [-0.2, 0) is 0 Å². The fourth-order valence-electron chi connectivity index (χ4n) is 5.24. The van der Waals surface area contributed by atoms with E-state index in [1.807, 2.05) is 0 Å². The highest BCUT2D eigenvalue weighted by atomic mass is 28.3. The van der Waals surface area contributed by atoms with Crippen molar-refractivity contribution >= 4 is 28.8 Å². The lowest BCUT2D eigenvalue weighted by atomic mass is 10.1. The van der Waals surface area contributed by atoms with E-state index in [0.717, 1.165) is 0 Å². The quantitative estimate of drug-likeness (QED) is 0.401. The fraction of sp³-hybridized carbons (Fsp3) is 0. The molecule has 0 saturated heterocycles. The van der Waals surface area contributed by atoms with Crippen molar-refractivity contribution in [2.24, 2.45) is 0 Å². The van der Waals surface area contributed by atoms with E-state index >= 15 is 0 Å². The molecule has 0 unspecified atom stereocenters. The maximum Gasteiger partial charge on any atom is 0.182 e. The van der Waals surface area contributed by atoms with Crippen LogP contribution in [0.3, 0.4) is 0 Å². The first kappa shape index (κ1) is 16.5. The second-order valence-electron chi connectivity index (χ2n) is 7.73. The summed E-state index contributed by atoms with van der Waals surface area (Å²) >= 11 is 0. The third kappa shape index (κ3) is 2.19. The Morgan fingerprint density at radius 2 is 0.759 bits per heavy atom. The first-order valence-corrected chi connectivity index (χ1v) is 12.1. The summed E-state index contributed by atoms with van der Waals surface area (Å²) in [6.07, 6.45) is 4.78.